The number of phenolic OH excluding ortho intramolecular Hbond substituents is 1. The van der Waals surface area contributed by atoms with Crippen LogP contribution in [-0.4, -0.2) is 11.7 Å². The predicted molar refractivity (Wildman–Crippen MR) is 45.9 cm³/mol. The highest BCUT2D eigenvalue weighted by Gasteiger charge is 2.19. The van der Waals surface area contributed by atoms with E-state index in [0.717, 1.165) is 17.5 Å². The van der Waals surface area contributed by atoms with E-state index in [1.54, 1.807) is 6.07 Å². The maximum Gasteiger partial charge on any atom is 0.121 e. The summed E-state index contributed by atoms with van der Waals surface area (Å²) < 4.78 is 5.31. The Morgan fingerprint density at radius 2 is 2.33 bits per heavy atom. The number of ether oxygens (including phenoxy) is 1. The van der Waals surface area contributed by atoms with Crippen LogP contribution in [0.5, 0.6) is 5.75 Å². The van der Waals surface area contributed by atoms with Crippen molar-refractivity contribution in [2.75, 3.05) is 6.61 Å². The third-order valence-electron chi connectivity index (χ3n) is 2.19. The van der Waals surface area contributed by atoms with E-state index in [1.165, 1.54) is 0 Å². The molecule has 1 atom stereocenters. The van der Waals surface area contributed by atoms with Gasteiger partial charge in [0.1, 0.15) is 5.75 Å². The standard InChI is InChI=1S/C10H11O2/c1-7-10-8(5-6-12-7)3-2-4-9(10)11/h2-4,7,11H,1,5-6H2. The Morgan fingerprint density at radius 3 is 3.08 bits per heavy atom. The molecule has 0 aliphatic carbocycles. The fourth-order valence-electron chi connectivity index (χ4n) is 1.58. The van der Waals surface area contributed by atoms with Gasteiger partial charge in [-0.2, -0.15) is 0 Å². The second kappa shape index (κ2) is 2.79. The van der Waals surface area contributed by atoms with Crippen molar-refractivity contribution in [1.29, 1.82) is 0 Å². The van der Waals surface area contributed by atoms with Crippen LogP contribution in [0.2, 0.25) is 0 Å². The number of hydrogen-bond donors (Lipinski definition) is 1. The lowest BCUT2D eigenvalue weighted by Gasteiger charge is -2.23. The molecular formula is C10H11O2. The molecule has 0 saturated carbocycles. The molecule has 1 aromatic rings. The van der Waals surface area contributed by atoms with E-state index in [9.17, 15) is 5.11 Å². The molecule has 0 amide bonds. The summed E-state index contributed by atoms with van der Waals surface area (Å²) in [6.07, 6.45) is 0.658. The lowest BCUT2D eigenvalue weighted by molar-refractivity contribution is 0.0711. The van der Waals surface area contributed by atoms with Gasteiger partial charge in [0.25, 0.3) is 0 Å². The summed E-state index contributed by atoms with van der Waals surface area (Å²) in [7, 11) is 0. The fourth-order valence-corrected chi connectivity index (χ4v) is 1.58. The van der Waals surface area contributed by atoms with Gasteiger partial charge in [0, 0.05) is 5.56 Å². The van der Waals surface area contributed by atoms with Crippen LogP contribution in [0.4, 0.5) is 0 Å². The molecule has 1 N–H and O–H groups in total. The molecule has 2 nitrogen and oxygen atoms in total. The van der Waals surface area contributed by atoms with E-state index < -0.39 is 0 Å². The first-order valence-electron chi connectivity index (χ1n) is 4.04. The second-order valence-corrected chi connectivity index (χ2v) is 2.96. The van der Waals surface area contributed by atoms with Crippen molar-refractivity contribution in [2.45, 2.75) is 12.5 Å². The topological polar surface area (TPSA) is 29.5 Å². The Morgan fingerprint density at radius 1 is 1.50 bits per heavy atom. The molecule has 1 aliphatic rings. The zero-order valence-electron chi connectivity index (χ0n) is 6.79. The fraction of sp³-hybridized carbons (Fsp3) is 0.300. The number of rotatable bonds is 0. The van der Waals surface area contributed by atoms with E-state index in [2.05, 4.69) is 6.92 Å². The first-order valence-corrected chi connectivity index (χ1v) is 4.04. The highest BCUT2D eigenvalue weighted by molar-refractivity contribution is 5.42. The van der Waals surface area contributed by atoms with Gasteiger partial charge in [-0.05, 0) is 25.0 Å². The first kappa shape index (κ1) is 7.62. The van der Waals surface area contributed by atoms with Crippen molar-refractivity contribution in [3.8, 4) is 5.75 Å². The van der Waals surface area contributed by atoms with Gasteiger partial charge in [-0.1, -0.05) is 12.1 Å². The summed E-state index contributed by atoms with van der Waals surface area (Å²) in [5.41, 5.74) is 2.00. The highest BCUT2D eigenvalue weighted by Crippen LogP contribution is 2.32. The molecule has 12 heavy (non-hydrogen) atoms. The van der Waals surface area contributed by atoms with Crippen molar-refractivity contribution < 1.29 is 9.84 Å². The monoisotopic (exact) mass is 163 g/mol. The zero-order chi connectivity index (χ0) is 8.55. The summed E-state index contributed by atoms with van der Waals surface area (Å²) in [6, 6.07) is 5.54. The summed E-state index contributed by atoms with van der Waals surface area (Å²) in [5, 5.41) is 9.51. The molecule has 0 bridgehead atoms. The molecular weight excluding hydrogens is 152 g/mol. The van der Waals surface area contributed by atoms with Crippen LogP contribution in [0.3, 0.4) is 0 Å². The molecule has 2 heteroatoms. The molecule has 0 fully saturated rings. The quantitative estimate of drug-likeness (QED) is 0.632. The molecule has 1 heterocycles. The Bertz CT molecular complexity index is 294. The van der Waals surface area contributed by atoms with Crippen LogP contribution >= 0.6 is 0 Å². The number of hydrogen-bond acceptors (Lipinski definition) is 2. The molecule has 0 aromatic heterocycles. The van der Waals surface area contributed by atoms with E-state index >= 15 is 0 Å². The number of fused-ring (bicyclic) bond motifs is 1. The summed E-state index contributed by atoms with van der Waals surface area (Å²) in [5.74, 6) is 0.298. The van der Waals surface area contributed by atoms with Crippen LogP contribution in [0, 0.1) is 6.92 Å². The van der Waals surface area contributed by atoms with E-state index in [4.69, 9.17) is 4.74 Å². The second-order valence-electron chi connectivity index (χ2n) is 2.96. The Balaban J connectivity index is 2.53. The van der Waals surface area contributed by atoms with Gasteiger partial charge in [-0.25, -0.2) is 0 Å². The van der Waals surface area contributed by atoms with E-state index in [0.29, 0.717) is 12.4 Å². The van der Waals surface area contributed by atoms with Gasteiger partial charge in [-0.3, -0.25) is 0 Å². The average Bonchev–Trinajstić information content (AvgIpc) is 2.04. The van der Waals surface area contributed by atoms with Crippen LogP contribution in [-0.2, 0) is 11.2 Å². The Labute approximate surface area is 71.8 Å². The highest BCUT2D eigenvalue weighted by atomic mass is 16.5. The predicted octanol–water partition coefficient (Wildman–Crippen LogP) is 1.84. The van der Waals surface area contributed by atoms with Crippen LogP contribution < -0.4 is 0 Å². The average molecular weight is 163 g/mol. The summed E-state index contributed by atoms with van der Waals surface area (Å²) in [6.45, 7) is 4.52. The van der Waals surface area contributed by atoms with Crippen molar-refractivity contribution in [1.82, 2.24) is 0 Å². The van der Waals surface area contributed by atoms with Crippen LogP contribution in [0.15, 0.2) is 18.2 Å². The van der Waals surface area contributed by atoms with Gasteiger partial charge in [-0.15, -0.1) is 0 Å². The largest absolute Gasteiger partial charge is 0.508 e. The smallest absolute Gasteiger partial charge is 0.121 e. The van der Waals surface area contributed by atoms with Crippen molar-refractivity contribution in [3.63, 3.8) is 0 Å². The van der Waals surface area contributed by atoms with Gasteiger partial charge >= 0.3 is 0 Å². The Kier molecular flexibility index (Phi) is 1.77. The number of phenols is 1. The number of aromatic hydroxyl groups is 1. The third-order valence-corrected chi connectivity index (χ3v) is 2.19. The van der Waals surface area contributed by atoms with Crippen molar-refractivity contribution in [3.05, 3.63) is 36.2 Å². The van der Waals surface area contributed by atoms with Gasteiger partial charge in [0.05, 0.1) is 12.7 Å². The maximum absolute atomic E-state index is 9.51. The Hall–Kier alpha value is -1.02. The molecule has 0 spiro atoms. The molecule has 1 aliphatic heterocycles. The lowest BCUT2D eigenvalue weighted by atomic mass is 9.97. The minimum absolute atomic E-state index is 0.213. The SMILES string of the molecule is [CH2]C1OCCc2cccc(O)c21. The normalized spacial score (nSPS) is 21.9. The van der Waals surface area contributed by atoms with Crippen LogP contribution in [0.1, 0.15) is 17.2 Å². The molecule has 1 aromatic carbocycles. The molecule has 1 unspecified atom stereocenters. The molecule has 1 radical (unpaired) electrons. The molecule has 63 valence electrons. The zero-order valence-corrected chi connectivity index (χ0v) is 6.79. The summed E-state index contributed by atoms with van der Waals surface area (Å²) in [4.78, 5) is 0. The van der Waals surface area contributed by atoms with Crippen LogP contribution in [0.25, 0.3) is 0 Å². The summed E-state index contributed by atoms with van der Waals surface area (Å²) >= 11 is 0. The van der Waals surface area contributed by atoms with Crippen molar-refractivity contribution >= 4 is 0 Å². The minimum atomic E-state index is -0.213. The third kappa shape index (κ3) is 1.08. The van der Waals surface area contributed by atoms with E-state index in [-0.39, 0.29) is 6.10 Å². The lowest BCUT2D eigenvalue weighted by Crippen LogP contribution is -2.13. The molecule has 0 saturated heterocycles. The molecule has 2 rings (SSSR count). The van der Waals surface area contributed by atoms with Gasteiger partial charge in [0.15, 0.2) is 0 Å². The van der Waals surface area contributed by atoms with Gasteiger partial charge < -0.3 is 9.84 Å². The minimum Gasteiger partial charge on any atom is -0.508 e. The first-order chi connectivity index (χ1) is 5.79. The maximum atomic E-state index is 9.51. The van der Waals surface area contributed by atoms with Gasteiger partial charge in [0.2, 0.25) is 0 Å². The number of benzene rings is 1. The van der Waals surface area contributed by atoms with E-state index in [1.807, 2.05) is 12.1 Å². The van der Waals surface area contributed by atoms with Crippen molar-refractivity contribution in [2.24, 2.45) is 0 Å².